The van der Waals surface area contributed by atoms with E-state index in [-0.39, 0.29) is 24.2 Å². The highest BCUT2D eigenvalue weighted by Gasteiger charge is 2.36. The van der Waals surface area contributed by atoms with E-state index in [9.17, 15) is 9.59 Å². The minimum Gasteiger partial charge on any atom is -0.361 e. The van der Waals surface area contributed by atoms with E-state index >= 15 is 0 Å². The van der Waals surface area contributed by atoms with Gasteiger partial charge in [0.2, 0.25) is 11.8 Å². The zero-order valence-corrected chi connectivity index (χ0v) is 16.7. The molecule has 0 N–H and O–H groups in total. The molecule has 27 heavy (non-hydrogen) atoms. The highest BCUT2D eigenvalue weighted by molar-refractivity contribution is 6.00. The summed E-state index contributed by atoms with van der Waals surface area (Å²) in [5.74, 6) is 0.816. The van der Waals surface area contributed by atoms with Crippen molar-refractivity contribution in [2.24, 2.45) is 5.92 Å². The van der Waals surface area contributed by atoms with Crippen molar-refractivity contribution in [3.05, 3.63) is 46.8 Å². The average Bonchev–Trinajstić information content (AvgIpc) is 3.18. The molecule has 0 aliphatic carbocycles. The van der Waals surface area contributed by atoms with Gasteiger partial charge in [0.15, 0.2) is 0 Å². The number of carbonyl (C=O) groups excluding carboxylic acids is 2. The topological polar surface area (TPSA) is 66.7 Å². The molecule has 1 atom stereocenters. The first-order chi connectivity index (χ1) is 12.8. The van der Waals surface area contributed by atoms with Gasteiger partial charge in [-0.1, -0.05) is 31.1 Å². The number of aromatic nitrogens is 1. The monoisotopic (exact) mass is 369 g/mol. The van der Waals surface area contributed by atoms with Gasteiger partial charge in [-0.2, -0.15) is 0 Å². The number of aryl methyl sites for hydroxylation is 2. The number of amides is 2. The second-order valence-electron chi connectivity index (χ2n) is 7.65. The maximum Gasteiger partial charge on any atom is 0.228 e. The summed E-state index contributed by atoms with van der Waals surface area (Å²) in [6.07, 6.45) is 0.247. The lowest BCUT2D eigenvalue weighted by molar-refractivity contribution is -0.135. The van der Waals surface area contributed by atoms with Crippen molar-refractivity contribution in [3.8, 4) is 0 Å². The third-order valence-corrected chi connectivity index (χ3v) is 5.30. The van der Waals surface area contributed by atoms with Crippen molar-refractivity contribution in [1.29, 1.82) is 0 Å². The zero-order valence-electron chi connectivity index (χ0n) is 16.7. The van der Waals surface area contributed by atoms with Crippen molar-refractivity contribution in [1.82, 2.24) is 10.1 Å². The fourth-order valence-corrected chi connectivity index (χ4v) is 3.52. The summed E-state index contributed by atoms with van der Waals surface area (Å²) in [6, 6.07) is 8.03. The summed E-state index contributed by atoms with van der Waals surface area (Å²) in [6.45, 7) is 8.85. The van der Waals surface area contributed by atoms with E-state index in [0.29, 0.717) is 19.0 Å². The lowest BCUT2D eigenvalue weighted by Crippen LogP contribution is -2.34. The molecule has 0 saturated carbocycles. The van der Waals surface area contributed by atoms with Crippen LogP contribution in [0.15, 0.2) is 28.8 Å². The van der Waals surface area contributed by atoms with E-state index in [1.165, 1.54) is 5.56 Å². The van der Waals surface area contributed by atoms with E-state index < -0.39 is 0 Å². The Hall–Kier alpha value is -2.63. The number of nitrogens with zero attached hydrogens (tertiary/aromatic N) is 3. The first kappa shape index (κ1) is 19.1. The lowest BCUT2D eigenvalue weighted by Gasteiger charge is -2.21. The molecule has 0 radical (unpaired) electrons. The van der Waals surface area contributed by atoms with Gasteiger partial charge in [0.25, 0.3) is 0 Å². The van der Waals surface area contributed by atoms with Crippen molar-refractivity contribution >= 4 is 17.5 Å². The normalized spacial score (nSPS) is 17.0. The van der Waals surface area contributed by atoms with Gasteiger partial charge < -0.3 is 14.3 Å². The van der Waals surface area contributed by atoms with Crippen molar-refractivity contribution in [3.63, 3.8) is 0 Å². The Kier molecular flexibility index (Phi) is 5.35. The van der Waals surface area contributed by atoms with Crippen molar-refractivity contribution in [2.45, 2.75) is 46.6 Å². The average molecular weight is 369 g/mol. The molecule has 0 spiro atoms. The van der Waals surface area contributed by atoms with Crippen LogP contribution < -0.4 is 4.90 Å². The number of benzene rings is 1. The number of hydrogen-bond donors (Lipinski definition) is 0. The molecule has 2 amide bonds. The van der Waals surface area contributed by atoms with E-state index in [0.717, 1.165) is 22.7 Å². The van der Waals surface area contributed by atoms with Crippen LogP contribution >= 0.6 is 0 Å². The molecule has 6 nitrogen and oxygen atoms in total. The summed E-state index contributed by atoms with van der Waals surface area (Å²) >= 11 is 0. The van der Waals surface area contributed by atoms with Gasteiger partial charge in [-0.15, -0.1) is 0 Å². The molecule has 6 heteroatoms. The third-order valence-electron chi connectivity index (χ3n) is 5.30. The van der Waals surface area contributed by atoms with Gasteiger partial charge in [-0.3, -0.25) is 9.59 Å². The molecule has 3 rings (SSSR count). The molecular formula is C21H27N3O3. The second-order valence-corrected chi connectivity index (χ2v) is 7.65. The van der Waals surface area contributed by atoms with Gasteiger partial charge in [-0.05, 0) is 37.5 Å². The predicted molar refractivity (Wildman–Crippen MR) is 103 cm³/mol. The molecular weight excluding hydrogens is 342 g/mol. The zero-order chi connectivity index (χ0) is 19.7. The Morgan fingerprint density at radius 3 is 2.52 bits per heavy atom. The van der Waals surface area contributed by atoms with Crippen LogP contribution in [0.2, 0.25) is 0 Å². The van der Waals surface area contributed by atoms with Crippen LogP contribution in [0.3, 0.4) is 0 Å². The van der Waals surface area contributed by atoms with Crippen LogP contribution in [0.5, 0.6) is 0 Å². The first-order valence-electron chi connectivity index (χ1n) is 9.35. The van der Waals surface area contributed by atoms with Crippen LogP contribution in [-0.2, 0) is 16.1 Å². The minimum absolute atomic E-state index is 0.00335. The molecule has 1 fully saturated rings. The molecule has 2 heterocycles. The molecule has 1 aromatic carbocycles. The molecule has 0 unspecified atom stereocenters. The fourth-order valence-electron chi connectivity index (χ4n) is 3.52. The molecule has 1 aliphatic rings. The maximum atomic E-state index is 12.9. The van der Waals surface area contributed by atoms with Gasteiger partial charge >= 0.3 is 0 Å². The van der Waals surface area contributed by atoms with Crippen LogP contribution in [-0.4, -0.2) is 35.5 Å². The first-order valence-corrected chi connectivity index (χ1v) is 9.35. The highest BCUT2D eigenvalue weighted by Crippen LogP contribution is 2.28. The van der Waals surface area contributed by atoms with Gasteiger partial charge in [0.05, 0.1) is 18.2 Å². The number of rotatable bonds is 5. The summed E-state index contributed by atoms with van der Waals surface area (Å²) in [7, 11) is 1.76. The predicted octanol–water partition coefficient (Wildman–Crippen LogP) is 3.43. The van der Waals surface area contributed by atoms with E-state index in [2.05, 4.69) is 19.0 Å². The number of carbonyl (C=O) groups is 2. The van der Waals surface area contributed by atoms with Crippen LogP contribution in [0.25, 0.3) is 0 Å². The van der Waals surface area contributed by atoms with Crippen LogP contribution in [0.4, 0.5) is 5.69 Å². The Morgan fingerprint density at radius 2 is 1.96 bits per heavy atom. The number of hydrogen-bond acceptors (Lipinski definition) is 4. The Bertz CT molecular complexity index is 819. The van der Waals surface area contributed by atoms with Gasteiger partial charge in [-0.25, -0.2) is 0 Å². The van der Waals surface area contributed by atoms with Crippen LogP contribution in [0, 0.1) is 19.8 Å². The Morgan fingerprint density at radius 1 is 1.30 bits per heavy atom. The van der Waals surface area contributed by atoms with Crippen LogP contribution in [0.1, 0.15) is 48.8 Å². The third kappa shape index (κ3) is 3.89. The molecule has 0 bridgehead atoms. The van der Waals surface area contributed by atoms with E-state index in [1.54, 1.807) is 16.8 Å². The second kappa shape index (κ2) is 7.55. The van der Waals surface area contributed by atoms with Crippen molar-refractivity contribution in [2.75, 3.05) is 18.5 Å². The largest absolute Gasteiger partial charge is 0.361 e. The number of anilines is 1. The summed E-state index contributed by atoms with van der Waals surface area (Å²) < 4.78 is 5.17. The SMILES string of the molecule is Cc1noc(C)c1CN(C)C(=O)[C@H]1CC(=O)N(c2ccc(C(C)C)cc2)C1. The molecule has 1 aromatic heterocycles. The fraction of sp³-hybridized carbons (Fsp3) is 0.476. The molecule has 1 saturated heterocycles. The lowest BCUT2D eigenvalue weighted by atomic mass is 10.0. The quantitative estimate of drug-likeness (QED) is 0.810. The van der Waals surface area contributed by atoms with Crippen molar-refractivity contribution < 1.29 is 14.1 Å². The van der Waals surface area contributed by atoms with E-state index in [4.69, 9.17) is 4.52 Å². The highest BCUT2D eigenvalue weighted by atomic mass is 16.5. The minimum atomic E-state index is -0.326. The van der Waals surface area contributed by atoms with Gasteiger partial charge in [0.1, 0.15) is 5.76 Å². The maximum absolute atomic E-state index is 12.9. The summed E-state index contributed by atoms with van der Waals surface area (Å²) in [4.78, 5) is 28.7. The smallest absolute Gasteiger partial charge is 0.228 e. The standard InChI is InChI=1S/C21H27N3O3/c1-13(2)16-6-8-18(9-7-16)24-11-17(10-20(24)25)21(26)23(5)12-19-14(3)22-27-15(19)4/h6-9,13,17H,10-12H2,1-5H3/t17-/m0/s1. The van der Waals surface area contributed by atoms with E-state index in [1.807, 2.05) is 38.1 Å². The molecule has 2 aromatic rings. The summed E-state index contributed by atoms with van der Waals surface area (Å²) in [5.41, 5.74) is 3.81. The Balaban J connectivity index is 1.68. The molecule has 1 aliphatic heterocycles. The Labute approximate surface area is 160 Å². The van der Waals surface area contributed by atoms with Gasteiger partial charge in [0, 0.05) is 31.3 Å². The summed E-state index contributed by atoms with van der Waals surface area (Å²) in [5, 5.41) is 3.93. The molecule has 144 valence electrons.